The minimum absolute atomic E-state index is 0.271. The highest BCUT2D eigenvalue weighted by Crippen LogP contribution is 2.35. The van der Waals surface area contributed by atoms with Gasteiger partial charge in [0, 0.05) is 48.5 Å². The minimum atomic E-state index is -0.800. The molecule has 286 valence electrons. The maximum atomic E-state index is 14.0. The molecule has 13 nitrogen and oxygen atoms in total. The van der Waals surface area contributed by atoms with Crippen molar-refractivity contribution in [2.75, 3.05) is 62.4 Å². The molecular formula is C40H57N9O4. The summed E-state index contributed by atoms with van der Waals surface area (Å²) in [5.41, 5.74) is 2.65. The molecule has 3 aliphatic heterocycles. The number of aromatic nitrogens is 2. The van der Waals surface area contributed by atoms with Crippen LogP contribution in [0.2, 0.25) is 0 Å². The Bertz CT molecular complexity index is 1750. The largest absolute Gasteiger partial charge is 0.494 e. The van der Waals surface area contributed by atoms with Crippen LogP contribution in [0.5, 0.6) is 5.75 Å². The number of fused-ring (bicyclic) bond motifs is 1. The molecule has 3 atom stereocenters. The fourth-order valence-corrected chi connectivity index (χ4v) is 7.85. The van der Waals surface area contributed by atoms with Crippen LogP contribution in [0, 0.1) is 5.41 Å². The van der Waals surface area contributed by atoms with Crippen molar-refractivity contribution in [1.29, 1.82) is 0 Å². The van der Waals surface area contributed by atoms with E-state index >= 15 is 0 Å². The number of hydrogen-bond acceptors (Lipinski definition) is 10. The number of benzene rings is 2. The van der Waals surface area contributed by atoms with Gasteiger partial charge in [0.1, 0.15) is 30.0 Å². The number of piperidine rings is 2. The summed E-state index contributed by atoms with van der Waals surface area (Å²) < 4.78 is 5.68. The molecule has 0 bridgehead atoms. The lowest BCUT2D eigenvalue weighted by Gasteiger charge is -2.41. The summed E-state index contributed by atoms with van der Waals surface area (Å²) in [6, 6.07) is 10.8. The zero-order valence-electron chi connectivity index (χ0n) is 32.2. The van der Waals surface area contributed by atoms with Gasteiger partial charge in [0.05, 0.1) is 24.4 Å². The van der Waals surface area contributed by atoms with E-state index in [-0.39, 0.29) is 17.7 Å². The highest BCUT2D eigenvalue weighted by atomic mass is 16.5. The van der Waals surface area contributed by atoms with Gasteiger partial charge in [0.25, 0.3) is 0 Å². The van der Waals surface area contributed by atoms with Gasteiger partial charge in [-0.3, -0.25) is 14.4 Å². The Kier molecular flexibility index (Phi) is 12.0. The Balaban J connectivity index is 1.15. The molecule has 53 heavy (non-hydrogen) atoms. The van der Waals surface area contributed by atoms with E-state index in [9.17, 15) is 14.4 Å². The Labute approximate surface area is 313 Å². The van der Waals surface area contributed by atoms with Gasteiger partial charge >= 0.3 is 0 Å². The summed E-state index contributed by atoms with van der Waals surface area (Å²) in [4.78, 5) is 56.5. The second-order valence-electron chi connectivity index (χ2n) is 15.8. The summed E-state index contributed by atoms with van der Waals surface area (Å²) in [6.07, 6.45) is 9.13. The van der Waals surface area contributed by atoms with E-state index < -0.39 is 23.5 Å². The van der Waals surface area contributed by atoms with E-state index in [0.29, 0.717) is 53.6 Å². The topological polar surface area (TPSA) is 144 Å². The molecule has 1 aromatic heterocycles. The Morgan fingerprint density at radius 1 is 0.906 bits per heavy atom. The predicted molar refractivity (Wildman–Crippen MR) is 210 cm³/mol. The van der Waals surface area contributed by atoms with E-state index in [2.05, 4.69) is 65.3 Å². The fraction of sp³-hybridized carbons (Fsp3) is 0.575. The van der Waals surface area contributed by atoms with Crippen LogP contribution in [0.4, 0.5) is 22.9 Å². The normalized spacial score (nSPS) is 19.8. The number of carbonyl (C=O) groups is 3. The van der Waals surface area contributed by atoms with Crippen molar-refractivity contribution in [3.8, 4) is 5.75 Å². The molecular weight excluding hydrogens is 670 g/mol. The minimum Gasteiger partial charge on any atom is -0.494 e. The van der Waals surface area contributed by atoms with E-state index in [1.54, 1.807) is 32.0 Å². The average Bonchev–Trinajstić information content (AvgIpc) is 3.67. The smallest absolute Gasteiger partial charge is 0.247 e. The summed E-state index contributed by atoms with van der Waals surface area (Å²) in [5, 5.41) is 13.0. The molecule has 0 unspecified atom stereocenters. The number of amides is 3. The summed E-state index contributed by atoms with van der Waals surface area (Å²) in [7, 11) is 3.24. The molecule has 0 saturated carbocycles. The highest BCUT2D eigenvalue weighted by molar-refractivity contribution is 6.03. The quantitative estimate of drug-likeness (QED) is 0.215. The van der Waals surface area contributed by atoms with Crippen LogP contribution in [-0.4, -0.2) is 109 Å². The molecule has 4 heterocycles. The van der Waals surface area contributed by atoms with Crippen LogP contribution in [0.1, 0.15) is 72.6 Å². The number of methoxy groups -OCH3 is 1. The van der Waals surface area contributed by atoms with E-state index in [1.807, 2.05) is 26.8 Å². The maximum absolute atomic E-state index is 14.0. The van der Waals surface area contributed by atoms with Crippen LogP contribution in [-0.2, 0) is 14.4 Å². The summed E-state index contributed by atoms with van der Waals surface area (Å²) >= 11 is 0. The Morgan fingerprint density at radius 2 is 1.62 bits per heavy atom. The number of hydrogen-bond donors (Lipinski definition) is 4. The molecule has 3 saturated heterocycles. The van der Waals surface area contributed by atoms with Crippen LogP contribution in [0.3, 0.4) is 0 Å². The van der Waals surface area contributed by atoms with Crippen molar-refractivity contribution in [3.63, 3.8) is 0 Å². The van der Waals surface area contributed by atoms with Crippen molar-refractivity contribution >= 4 is 51.5 Å². The first-order valence-corrected chi connectivity index (χ1v) is 19.2. The standard InChI is InChI=1S/C40H57N9O4/c1-26(41-5)37(50)46-35(40(2,3)4)39(52)49-20-10-11-33(49)38(51)45-32-23-30-31(24-34(32)53-6)42-25-43-36(30)44-27-12-14-28(15-13-27)48-21-16-29(17-22-48)47-18-8-7-9-19-47/h12-15,23-26,29,33,35,41H,7-11,16-22H2,1-6H3,(H,45,51)(H,46,50)(H,42,43,44)/t26-,33-,35+/m0/s1. The zero-order valence-corrected chi connectivity index (χ0v) is 32.2. The van der Waals surface area contributed by atoms with Crippen LogP contribution >= 0.6 is 0 Å². The van der Waals surface area contributed by atoms with Crippen LogP contribution in [0.25, 0.3) is 10.9 Å². The van der Waals surface area contributed by atoms with Gasteiger partial charge in [-0.05, 0) is 101 Å². The highest BCUT2D eigenvalue weighted by Gasteiger charge is 2.42. The van der Waals surface area contributed by atoms with E-state index in [0.717, 1.165) is 18.8 Å². The van der Waals surface area contributed by atoms with Crippen molar-refractivity contribution in [2.24, 2.45) is 5.41 Å². The lowest BCUT2D eigenvalue weighted by atomic mass is 9.85. The first kappa shape index (κ1) is 38.2. The van der Waals surface area contributed by atoms with Crippen molar-refractivity contribution < 1.29 is 19.1 Å². The van der Waals surface area contributed by atoms with Gasteiger partial charge in [-0.15, -0.1) is 0 Å². The lowest BCUT2D eigenvalue weighted by Crippen LogP contribution is -2.59. The number of nitrogens with one attached hydrogen (secondary N) is 4. The van der Waals surface area contributed by atoms with Gasteiger partial charge in [0.15, 0.2) is 0 Å². The summed E-state index contributed by atoms with van der Waals surface area (Å²) in [6.45, 7) is 12.5. The zero-order chi connectivity index (χ0) is 37.7. The number of likely N-dealkylation sites (tertiary alicyclic amines) is 2. The molecule has 3 fully saturated rings. The first-order chi connectivity index (χ1) is 25.5. The maximum Gasteiger partial charge on any atom is 0.247 e. The molecule has 0 aliphatic carbocycles. The summed E-state index contributed by atoms with van der Waals surface area (Å²) in [5.74, 6) is 0.178. The number of likely N-dealkylation sites (N-methyl/N-ethyl adjacent to an activating group) is 1. The van der Waals surface area contributed by atoms with Gasteiger partial charge in [-0.25, -0.2) is 9.97 Å². The SMILES string of the molecule is CN[C@@H](C)C(=O)N[C@H](C(=O)N1CCC[C@H]1C(=O)Nc1cc2c(Nc3ccc(N4CCC(N5CCCCC5)CC4)cc3)ncnc2cc1OC)C(C)(C)C. The van der Waals surface area contributed by atoms with Gasteiger partial charge in [0.2, 0.25) is 17.7 Å². The number of rotatable bonds is 11. The Morgan fingerprint density at radius 3 is 2.28 bits per heavy atom. The number of carbonyl (C=O) groups excluding carboxylic acids is 3. The second-order valence-corrected chi connectivity index (χ2v) is 15.8. The van der Waals surface area contributed by atoms with Crippen molar-refractivity contribution in [2.45, 2.75) is 96.8 Å². The predicted octanol–water partition coefficient (Wildman–Crippen LogP) is 4.91. The monoisotopic (exact) mass is 727 g/mol. The molecule has 3 aromatic rings. The van der Waals surface area contributed by atoms with Crippen molar-refractivity contribution in [3.05, 3.63) is 42.7 Å². The molecule has 0 radical (unpaired) electrons. The van der Waals surface area contributed by atoms with Gasteiger partial charge in [-0.2, -0.15) is 0 Å². The molecule has 6 rings (SSSR count). The third-order valence-corrected chi connectivity index (χ3v) is 11.1. The number of anilines is 4. The number of ether oxygens (including phenoxy) is 1. The lowest BCUT2D eigenvalue weighted by molar-refractivity contribution is -0.143. The van der Waals surface area contributed by atoms with Crippen molar-refractivity contribution in [1.82, 2.24) is 30.4 Å². The molecule has 2 aromatic carbocycles. The van der Waals surface area contributed by atoms with Gasteiger partial charge in [-0.1, -0.05) is 27.2 Å². The fourth-order valence-electron chi connectivity index (χ4n) is 7.85. The number of nitrogens with zero attached hydrogens (tertiary/aromatic N) is 5. The molecule has 3 aliphatic rings. The van der Waals surface area contributed by atoms with Crippen LogP contribution < -0.4 is 30.9 Å². The van der Waals surface area contributed by atoms with E-state index in [4.69, 9.17) is 4.74 Å². The second kappa shape index (κ2) is 16.7. The third kappa shape index (κ3) is 8.84. The Hall–Kier alpha value is -4.49. The molecule has 4 N–H and O–H groups in total. The first-order valence-electron chi connectivity index (χ1n) is 19.2. The molecule has 3 amide bonds. The molecule has 13 heteroatoms. The third-order valence-electron chi connectivity index (χ3n) is 11.1. The van der Waals surface area contributed by atoms with Crippen LogP contribution in [0.15, 0.2) is 42.7 Å². The van der Waals surface area contributed by atoms with E-state index in [1.165, 1.54) is 57.2 Å². The van der Waals surface area contributed by atoms with Gasteiger partial charge < -0.3 is 40.7 Å². The molecule has 0 spiro atoms. The average molecular weight is 728 g/mol.